The van der Waals surface area contributed by atoms with Crippen LogP contribution in [0.4, 0.5) is 0 Å². The smallest absolute Gasteiger partial charge is 0.282 e. The lowest BCUT2D eigenvalue weighted by Crippen LogP contribution is -2.20. The van der Waals surface area contributed by atoms with Gasteiger partial charge < -0.3 is 0 Å². The molecule has 5 rings (SSSR count). The van der Waals surface area contributed by atoms with Gasteiger partial charge in [-0.15, -0.1) is 11.3 Å². The number of hydrogen-bond donors (Lipinski definition) is 0. The van der Waals surface area contributed by atoms with E-state index < -0.39 is 0 Å². The molecular weight excluding hydrogens is 382 g/mol. The summed E-state index contributed by atoms with van der Waals surface area (Å²) in [5, 5.41) is 1.03. The second-order valence-electron chi connectivity index (χ2n) is 6.94. The maximum atomic E-state index is 13.4. The van der Waals surface area contributed by atoms with Gasteiger partial charge in [-0.2, -0.15) is 0 Å². The Labute approximate surface area is 171 Å². The minimum atomic E-state index is -0.0848. The predicted octanol–water partition coefficient (Wildman–Crippen LogP) is 4.26. The summed E-state index contributed by atoms with van der Waals surface area (Å²) in [6, 6.07) is 15.8. The maximum absolute atomic E-state index is 13.4. The van der Waals surface area contributed by atoms with Crippen LogP contribution in [0.1, 0.15) is 10.7 Å². The quantitative estimate of drug-likeness (QED) is 0.454. The molecule has 0 unspecified atom stereocenters. The van der Waals surface area contributed by atoms with E-state index in [2.05, 4.69) is 16.0 Å². The normalized spacial score (nSPS) is 11.4. The van der Waals surface area contributed by atoms with Crippen LogP contribution in [0.3, 0.4) is 0 Å². The van der Waals surface area contributed by atoms with Crippen molar-refractivity contribution in [2.45, 2.75) is 13.8 Å². The number of fused-ring (bicyclic) bond motifs is 1. The number of benzene rings is 2. The first-order valence-corrected chi connectivity index (χ1v) is 10.1. The Morgan fingerprint density at radius 3 is 2.59 bits per heavy atom. The van der Waals surface area contributed by atoms with Crippen molar-refractivity contribution in [3.63, 3.8) is 0 Å². The van der Waals surface area contributed by atoms with Crippen molar-refractivity contribution in [1.29, 1.82) is 0 Å². The van der Waals surface area contributed by atoms with Gasteiger partial charge in [0.15, 0.2) is 5.82 Å². The van der Waals surface area contributed by atoms with Crippen molar-refractivity contribution in [3.05, 3.63) is 82.0 Å². The molecule has 0 saturated carbocycles. The average Bonchev–Trinajstić information content (AvgIpc) is 3.38. The van der Waals surface area contributed by atoms with Gasteiger partial charge in [-0.3, -0.25) is 14.0 Å². The van der Waals surface area contributed by atoms with Gasteiger partial charge in [0.1, 0.15) is 5.56 Å². The molecule has 0 aliphatic heterocycles. The Balaban J connectivity index is 1.71. The Morgan fingerprint density at radius 1 is 1.00 bits per heavy atom. The lowest BCUT2D eigenvalue weighted by molar-refractivity contribution is 0.630. The van der Waals surface area contributed by atoms with Gasteiger partial charge >= 0.3 is 0 Å². The Bertz CT molecular complexity index is 1400. The molecule has 144 valence electrons. The Hall–Kier alpha value is -3.45. The van der Waals surface area contributed by atoms with Crippen molar-refractivity contribution in [3.8, 4) is 22.8 Å². The van der Waals surface area contributed by atoms with Gasteiger partial charge in [0.25, 0.3) is 5.56 Å². The molecule has 7 heteroatoms. The van der Waals surface area contributed by atoms with Crippen LogP contribution in [0.5, 0.6) is 0 Å². The second kappa shape index (κ2) is 6.56. The number of thiazole rings is 1. The molecule has 29 heavy (non-hydrogen) atoms. The van der Waals surface area contributed by atoms with Crippen LogP contribution >= 0.6 is 11.3 Å². The van der Waals surface area contributed by atoms with Crippen LogP contribution in [-0.4, -0.2) is 23.9 Å². The van der Waals surface area contributed by atoms with Gasteiger partial charge in [0.2, 0.25) is 0 Å². The summed E-state index contributed by atoms with van der Waals surface area (Å²) in [5.74, 6) is 0.637. The van der Waals surface area contributed by atoms with E-state index in [-0.39, 0.29) is 5.56 Å². The van der Waals surface area contributed by atoms with Gasteiger partial charge in [0, 0.05) is 30.8 Å². The Morgan fingerprint density at radius 2 is 1.79 bits per heavy atom. The number of aryl methyl sites for hydroxylation is 1. The molecule has 0 bridgehead atoms. The second-order valence-corrected chi connectivity index (χ2v) is 8.18. The molecule has 0 aliphatic rings. The molecule has 0 atom stereocenters. The van der Waals surface area contributed by atoms with Crippen LogP contribution in [0, 0.1) is 13.8 Å². The molecule has 0 radical (unpaired) electrons. The van der Waals surface area contributed by atoms with Crippen molar-refractivity contribution >= 4 is 21.6 Å². The highest BCUT2D eigenvalue weighted by Crippen LogP contribution is 2.27. The first-order valence-electron chi connectivity index (χ1n) is 9.30. The Kier molecular flexibility index (Phi) is 3.99. The van der Waals surface area contributed by atoms with Crippen molar-refractivity contribution in [2.24, 2.45) is 7.05 Å². The minimum absolute atomic E-state index is 0.0848. The minimum Gasteiger partial charge on any atom is -0.300 e. The number of rotatable bonds is 3. The van der Waals surface area contributed by atoms with Gasteiger partial charge in [-0.25, -0.2) is 14.6 Å². The third-order valence-corrected chi connectivity index (χ3v) is 6.11. The summed E-state index contributed by atoms with van der Waals surface area (Å²) < 4.78 is 6.64. The fourth-order valence-corrected chi connectivity index (χ4v) is 4.56. The van der Waals surface area contributed by atoms with E-state index in [1.165, 1.54) is 0 Å². The average molecular weight is 401 g/mol. The van der Waals surface area contributed by atoms with Crippen molar-refractivity contribution in [1.82, 2.24) is 23.9 Å². The number of hydrogen-bond acceptors (Lipinski definition) is 4. The van der Waals surface area contributed by atoms with E-state index in [1.54, 1.807) is 22.2 Å². The number of para-hydroxylation sites is 1. The molecule has 0 spiro atoms. The molecule has 0 amide bonds. The molecule has 3 aromatic heterocycles. The molecule has 0 fully saturated rings. The first kappa shape index (κ1) is 17.6. The summed E-state index contributed by atoms with van der Waals surface area (Å²) in [4.78, 5) is 22.5. The van der Waals surface area contributed by atoms with Crippen LogP contribution in [0.25, 0.3) is 33.0 Å². The highest BCUT2D eigenvalue weighted by atomic mass is 32.1. The summed E-state index contributed by atoms with van der Waals surface area (Å²) >= 11 is 1.66. The molecule has 5 aromatic rings. The molecule has 0 N–H and O–H groups in total. The molecule has 3 heterocycles. The van der Waals surface area contributed by atoms with Crippen LogP contribution in [0.15, 0.2) is 65.7 Å². The van der Waals surface area contributed by atoms with E-state index in [4.69, 9.17) is 0 Å². The molecule has 0 saturated heterocycles. The maximum Gasteiger partial charge on any atom is 0.282 e. The fourth-order valence-electron chi connectivity index (χ4n) is 3.70. The van der Waals surface area contributed by atoms with Gasteiger partial charge in [-0.1, -0.05) is 18.2 Å². The number of imidazole rings is 1. The van der Waals surface area contributed by atoms with E-state index in [0.29, 0.717) is 11.4 Å². The molecule has 0 aliphatic carbocycles. The van der Waals surface area contributed by atoms with Gasteiger partial charge in [-0.05, 0) is 44.2 Å². The monoisotopic (exact) mass is 401 g/mol. The summed E-state index contributed by atoms with van der Waals surface area (Å²) in [5.41, 5.74) is 4.15. The first-order chi connectivity index (χ1) is 14.0. The van der Waals surface area contributed by atoms with Crippen molar-refractivity contribution in [2.75, 3.05) is 0 Å². The predicted molar refractivity (Wildman–Crippen MR) is 116 cm³/mol. The lowest BCUT2D eigenvalue weighted by atomic mass is 10.2. The van der Waals surface area contributed by atoms with Crippen molar-refractivity contribution < 1.29 is 0 Å². The highest BCUT2D eigenvalue weighted by molar-refractivity contribution is 7.18. The summed E-state index contributed by atoms with van der Waals surface area (Å²) in [7, 11) is 1.90. The zero-order valence-electron chi connectivity index (χ0n) is 16.3. The third kappa shape index (κ3) is 2.74. The number of nitrogens with zero attached hydrogens (tertiary/aromatic N) is 5. The third-order valence-electron chi connectivity index (χ3n) is 5.18. The zero-order chi connectivity index (χ0) is 20.1. The molecule has 6 nitrogen and oxygen atoms in total. The molecule has 2 aromatic carbocycles. The fraction of sp³-hybridized carbons (Fsp3) is 0.136. The van der Waals surface area contributed by atoms with Crippen LogP contribution in [0.2, 0.25) is 0 Å². The molecular formula is C22H19N5OS. The largest absolute Gasteiger partial charge is 0.300 e. The van der Waals surface area contributed by atoms with Crippen LogP contribution in [-0.2, 0) is 7.05 Å². The van der Waals surface area contributed by atoms with Crippen LogP contribution < -0.4 is 5.56 Å². The van der Waals surface area contributed by atoms with E-state index >= 15 is 0 Å². The topological polar surface area (TPSA) is 57.6 Å². The van der Waals surface area contributed by atoms with E-state index in [1.807, 2.05) is 78.8 Å². The summed E-state index contributed by atoms with van der Waals surface area (Å²) in [6.45, 7) is 3.96. The zero-order valence-corrected chi connectivity index (χ0v) is 17.1. The highest BCUT2D eigenvalue weighted by Gasteiger charge is 2.22. The number of aromatic nitrogens is 5. The standard InChI is InChI=1S/C22H19N5OS/c1-14-20(22(28)27(25(14)3)16-7-5-4-6-8-16)21-23-11-12-26(21)17-9-10-18-19(13-17)29-15(2)24-18/h4-13H,1-3H3. The summed E-state index contributed by atoms with van der Waals surface area (Å²) in [6.07, 6.45) is 3.62. The lowest BCUT2D eigenvalue weighted by Gasteiger charge is -2.08. The van der Waals surface area contributed by atoms with Gasteiger partial charge in [0.05, 0.1) is 20.9 Å². The van der Waals surface area contributed by atoms with E-state index in [0.717, 1.165) is 32.3 Å². The van der Waals surface area contributed by atoms with E-state index in [9.17, 15) is 4.79 Å². The SMILES string of the molecule is Cc1nc2ccc(-n3ccnc3-c3c(C)n(C)n(-c4ccccc4)c3=O)cc2s1.